The highest BCUT2D eigenvalue weighted by atomic mass is 32.1. The Hall–Kier alpha value is -2.33. The number of allylic oxidation sites excluding steroid dienone is 1. The Labute approximate surface area is 133 Å². The van der Waals surface area contributed by atoms with Crippen LogP contribution in [0.2, 0.25) is 0 Å². The van der Waals surface area contributed by atoms with Crippen LogP contribution in [0.3, 0.4) is 0 Å². The van der Waals surface area contributed by atoms with E-state index < -0.39 is 0 Å². The minimum atomic E-state index is 0.443. The van der Waals surface area contributed by atoms with E-state index >= 15 is 0 Å². The SMILES string of the molecule is C/C=C/c1ccc(OCc2nc3ccccc3s2)c(OC)c1. The normalized spacial score (nSPS) is 11.2. The van der Waals surface area contributed by atoms with E-state index in [4.69, 9.17) is 9.47 Å². The standard InChI is InChI=1S/C18H17NO2S/c1-3-6-13-9-10-15(16(11-13)20-2)21-12-18-19-14-7-4-5-8-17(14)22-18/h3-11H,12H2,1-2H3/b6-3+. The Morgan fingerprint density at radius 1 is 1.14 bits per heavy atom. The molecule has 0 unspecified atom stereocenters. The molecule has 0 aliphatic heterocycles. The molecule has 0 radical (unpaired) electrons. The number of nitrogens with zero attached hydrogens (tertiary/aromatic N) is 1. The van der Waals surface area contributed by atoms with Gasteiger partial charge in [0, 0.05) is 0 Å². The quantitative estimate of drug-likeness (QED) is 0.670. The Balaban J connectivity index is 1.78. The van der Waals surface area contributed by atoms with Crippen LogP contribution in [0.1, 0.15) is 17.5 Å². The molecular formula is C18H17NO2S. The van der Waals surface area contributed by atoms with Crippen LogP contribution in [0.4, 0.5) is 0 Å². The number of thiazole rings is 1. The summed E-state index contributed by atoms with van der Waals surface area (Å²) in [6.07, 6.45) is 4.02. The molecule has 0 bridgehead atoms. The fourth-order valence-electron chi connectivity index (χ4n) is 2.22. The molecule has 112 valence electrons. The smallest absolute Gasteiger partial charge is 0.161 e. The molecule has 3 rings (SSSR count). The van der Waals surface area contributed by atoms with Crippen molar-refractivity contribution >= 4 is 27.6 Å². The Morgan fingerprint density at radius 2 is 2.00 bits per heavy atom. The van der Waals surface area contributed by atoms with Gasteiger partial charge in [0.05, 0.1) is 17.3 Å². The third-order valence-electron chi connectivity index (χ3n) is 3.24. The summed E-state index contributed by atoms with van der Waals surface area (Å²) in [5.41, 5.74) is 2.10. The first kappa shape index (κ1) is 14.6. The largest absolute Gasteiger partial charge is 0.493 e. The molecule has 0 amide bonds. The zero-order valence-electron chi connectivity index (χ0n) is 12.6. The van der Waals surface area contributed by atoms with Gasteiger partial charge in [-0.3, -0.25) is 0 Å². The van der Waals surface area contributed by atoms with Crippen LogP contribution in [0.15, 0.2) is 48.5 Å². The van der Waals surface area contributed by atoms with E-state index in [1.165, 1.54) is 4.70 Å². The summed E-state index contributed by atoms with van der Waals surface area (Å²) in [4.78, 5) is 4.57. The second-order valence-corrected chi connectivity index (χ2v) is 5.89. The highest BCUT2D eigenvalue weighted by Gasteiger charge is 2.08. The minimum Gasteiger partial charge on any atom is -0.493 e. The molecule has 3 aromatic rings. The Kier molecular flexibility index (Phi) is 4.39. The summed E-state index contributed by atoms with van der Waals surface area (Å²) < 4.78 is 12.5. The van der Waals surface area contributed by atoms with E-state index in [0.29, 0.717) is 6.61 Å². The number of ether oxygens (including phenoxy) is 2. The van der Waals surface area contributed by atoms with Gasteiger partial charge in [-0.25, -0.2) is 4.98 Å². The van der Waals surface area contributed by atoms with Crippen LogP contribution >= 0.6 is 11.3 Å². The summed E-state index contributed by atoms with van der Waals surface area (Å²) in [7, 11) is 1.65. The molecule has 22 heavy (non-hydrogen) atoms. The van der Waals surface area contributed by atoms with Gasteiger partial charge in [-0.1, -0.05) is 30.4 Å². The highest BCUT2D eigenvalue weighted by molar-refractivity contribution is 7.18. The molecule has 0 saturated heterocycles. The molecular weight excluding hydrogens is 294 g/mol. The molecule has 1 heterocycles. The summed E-state index contributed by atoms with van der Waals surface area (Å²) in [6.45, 7) is 2.43. The lowest BCUT2D eigenvalue weighted by molar-refractivity contribution is 0.284. The first-order valence-corrected chi connectivity index (χ1v) is 7.90. The van der Waals surface area contributed by atoms with Crippen molar-refractivity contribution in [1.29, 1.82) is 0 Å². The van der Waals surface area contributed by atoms with E-state index in [9.17, 15) is 0 Å². The number of benzene rings is 2. The molecule has 3 nitrogen and oxygen atoms in total. The molecule has 0 fully saturated rings. The van der Waals surface area contributed by atoms with Gasteiger partial charge in [-0.15, -0.1) is 11.3 Å². The number of hydrogen-bond acceptors (Lipinski definition) is 4. The van der Waals surface area contributed by atoms with Gasteiger partial charge in [-0.2, -0.15) is 0 Å². The minimum absolute atomic E-state index is 0.443. The van der Waals surface area contributed by atoms with Gasteiger partial charge in [0.2, 0.25) is 0 Å². The average Bonchev–Trinajstić information content (AvgIpc) is 2.96. The Morgan fingerprint density at radius 3 is 2.77 bits per heavy atom. The van der Waals surface area contributed by atoms with Gasteiger partial charge in [-0.05, 0) is 36.8 Å². The van der Waals surface area contributed by atoms with Gasteiger partial charge in [0.15, 0.2) is 11.5 Å². The molecule has 0 N–H and O–H groups in total. The van der Waals surface area contributed by atoms with Crippen LogP contribution in [-0.2, 0) is 6.61 Å². The second kappa shape index (κ2) is 6.62. The monoisotopic (exact) mass is 311 g/mol. The summed E-state index contributed by atoms with van der Waals surface area (Å²) >= 11 is 1.65. The molecule has 0 atom stereocenters. The zero-order valence-corrected chi connectivity index (χ0v) is 13.4. The lowest BCUT2D eigenvalue weighted by atomic mass is 10.2. The molecule has 1 aromatic heterocycles. The van der Waals surface area contributed by atoms with Gasteiger partial charge < -0.3 is 9.47 Å². The van der Waals surface area contributed by atoms with E-state index in [1.54, 1.807) is 18.4 Å². The van der Waals surface area contributed by atoms with E-state index in [0.717, 1.165) is 27.6 Å². The number of hydrogen-bond donors (Lipinski definition) is 0. The number of fused-ring (bicyclic) bond motifs is 1. The molecule has 4 heteroatoms. The van der Waals surface area contributed by atoms with Crippen molar-refractivity contribution in [3.05, 3.63) is 59.1 Å². The number of rotatable bonds is 5. The molecule has 0 saturated carbocycles. The third-order valence-corrected chi connectivity index (χ3v) is 4.25. The van der Waals surface area contributed by atoms with Crippen LogP contribution < -0.4 is 9.47 Å². The van der Waals surface area contributed by atoms with E-state index in [1.807, 2.05) is 55.5 Å². The third kappa shape index (κ3) is 3.12. The van der Waals surface area contributed by atoms with Gasteiger partial charge in [0.1, 0.15) is 11.6 Å². The van der Waals surface area contributed by atoms with Crippen molar-refractivity contribution in [2.45, 2.75) is 13.5 Å². The van der Waals surface area contributed by atoms with Crippen molar-refractivity contribution in [2.75, 3.05) is 7.11 Å². The van der Waals surface area contributed by atoms with Crippen LogP contribution in [0, 0.1) is 0 Å². The second-order valence-electron chi connectivity index (χ2n) is 4.77. The first-order valence-electron chi connectivity index (χ1n) is 7.08. The molecule has 0 spiro atoms. The van der Waals surface area contributed by atoms with Crippen molar-refractivity contribution in [1.82, 2.24) is 4.98 Å². The number of para-hydroxylation sites is 1. The lowest BCUT2D eigenvalue weighted by Crippen LogP contribution is -1.97. The lowest BCUT2D eigenvalue weighted by Gasteiger charge is -2.10. The van der Waals surface area contributed by atoms with E-state index in [-0.39, 0.29) is 0 Å². The number of aromatic nitrogens is 1. The molecule has 0 aliphatic carbocycles. The summed E-state index contributed by atoms with van der Waals surface area (Å²) in [5.74, 6) is 1.46. The predicted molar refractivity (Wildman–Crippen MR) is 91.7 cm³/mol. The van der Waals surface area contributed by atoms with E-state index in [2.05, 4.69) is 11.1 Å². The van der Waals surface area contributed by atoms with Gasteiger partial charge >= 0.3 is 0 Å². The Bertz CT molecular complexity index is 775. The maximum absolute atomic E-state index is 5.88. The first-order chi connectivity index (χ1) is 10.8. The van der Waals surface area contributed by atoms with Crippen molar-refractivity contribution in [3.63, 3.8) is 0 Å². The summed E-state index contributed by atoms with van der Waals surface area (Å²) in [5, 5.41) is 0.959. The fourth-order valence-corrected chi connectivity index (χ4v) is 3.10. The number of methoxy groups -OCH3 is 1. The maximum Gasteiger partial charge on any atom is 0.161 e. The van der Waals surface area contributed by atoms with Crippen LogP contribution in [0.25, 0.3) is 16.3 Å². The topological polar surface area (TPSA) is 31.4 Å². The molecule has 2 aromatic carbocycles. The highest BCUT2D eigenvalue weighted by Crippen LogP contribution is 2.30. The molecule has 0 aliphatic rings. The van der Waals surface area contributed by atoms with Crippen molar-refractivity contribution < 1.29 is 9.47 Å². The zero-order chi connectivity index (χ0) is 15.4. The fraction of sp³-hybridized carbons (Fsp3) is 0.167. The van der Waals surface area contributed by atoms with Gasteiger partial charge in [0.25, 0.3) is 0 Å². The summed E-state index contributed by atoms with van der Waals surface area (Å²) in [6, 6.07) is 14.0. The van der Waals surface area contributed by atoms with Crippen molar-refractivity contribution in [2.24, 2.45) is 0 Å². The predicted octanol–water partition coefficient (Wildman–Crippen LogP) is 4.92. The van der Waals surface area contributed by atoms with Crippen LogP contribution in [0.5, 0.6) is 11.5 Å². The van der Waals surface area contributed by atoms with Crippen molar-refractivity contribution in [3.8, 4) is 11.5 Å². The average molecular weight is 311 g/mol. The van der Waals surface area contributed by atoms with Crippen LogP contribution in [-0.4, -0.2) is 12.1 Å². The maximum atomic E-state index is 5.88.